The highest BCUT2D eigenvalue weighted by atomic mass is 35.5. The highest BCUT2D eigenvalue weighted by Gasteiger charge is 2.40. The van der Waals surface area contributed by atoms with Crippen LogP contribution in [0.5, 0.6) is 11.5 Å². The van der Waals surface area contributed by atoms with Gasteiger partial charge in [-0.1, -0.05) is 68.8 Å². The number of carbonyl (C=O) groups is 3. The van der Waals surface area contributed by atoms with Gasteiger partial charge in [0.15, 0.2) is 17.3 Å². The predicted octanol–water partition coefficient (Wildman–Crippen LogP) is 6.60. The Bertz CT molecular complexity index is 1510. The monoisotopic (exact) mass is 591 g/mol. The zero-order valence-electron chi connectivity index (χ0n) is 24.2. The average Bonchev–Trinajstić information content (AvgIpc) is 3.05. The number of benzene rings is 3. The number of amides is 1. The maximum absolute atomic E-state index is 14.2. The fraction of sp³-hybridized carbons (Fsp3) is 0.303. The van der Waals surface area contributed by atoms with Crippen molar-refractivity contribution in [3.63, 3.8) is 0 Å². The van der Waals surface area contributed by atoms with Crippen molar-refractivity contribution in [1.82, 2.24) is 0 Å². The predicted molar refractivity (Wildman–Crippen MR) is 162 cm³/mol. The molecule has 0 saturated carbocycles. The molecule has 0 radical (unpaired) electrons. The van der Waals surface area contributed by atoms with Crippen LogP contribution < -0.4 is 14.4 Å². The first kappa shape index (κ1) is 30.8. The maximum atomic E-state index is 14.2. The SMILES string of the molecule is COc1cccc([C@H]2O[C@H](CC(=O)c3ccc(C=CC(=O)O)cc3)C(=O)N(CC(C)(C)C)c3ccc(Cl)cc32)c1OC. The lowest BCUT2D eigenvalue weighted by atomic mass is 9.94. The smallest absolute Gasteiger partial charge is 0.328 e. The number of aliphatic carboxylic acids is 1. The lowest BCUT2D eigenvalue weighted by molar-refractivity contribution is -0.132. The van der Waals surface area contributed by atoms with Gasteiger partial charge >= 0.3 is 5.97 Å². The van der Waals surface area contributed by atoms with E-state index < -0.39 is 18.2 Å². The van der Waals surface area contributed by atoms with Gasteiger partial charge in [-0.25, -0.2) is 4.79 Å². The molecular formula is C33H34ClNO7. The number of ether oxygens (including phenoxy) is 3. The van der Waals surface area contributed by atoms with Crippen molar-refractivity contribution >= 4 is 41.0 Å². The number of para-hydroxylation sites is 1. The van der Waals surface area contributed by atoms with Crippen LogP contribution in [0.3, 0.4) is 0 Å². The molecule has 9 heteroatoms. The first-order valence-corrected chi connectivity index (χ1v) is 13.8. The Balaban J connectivity index is 1.80. The summed E-state index contributed by atoms with van der Waals surface area (Å²) in [5, 5.41) is 9.34. The molecule has 0 unspecified atom stereocenters. The van der Waals surface area contributed by atoms with Gasteiger partial charge in [-0.05, 0) is 41.3 Å². The van der Waals surface area contributed by atoms with E-state index >= 15 is 0 Å². The van der Waals surface area contributed by atoms with Crippen LogP contribution in [0.1, 0.15) is 60.3 Å². The number of rotatable bonds is 9. The second-order valence-corrected chi connectivity index (χ2v) is 11.6. The quantitative estimate of drug-likeness (QED) is 0.221. The standard InChI is InChI=1S/C33H34ClNO7/c1-33(2,3)19-35-25-15-14-22(34)17-24(25)30(23-7-6-8-27(40-4)31(23)41-5)42-28(32(35)39)18-26(36)21-12-9-20(10-13-21)11-16-29(37)38/h6-17,28,30H,18-19H2,1-5H3,(H,37,38)/t28-,30-/m1/s1. The van der Waals surface area contributed by atoms with Gasteiger partial charge in [0, 0.05) is 46.4 Å². The summed E-state index contributed by atoms with van der Waals surface area (Å²) in [6, 6.07) is 17.2. The van der Waals surface area contributed by atoms with Gasteiger partial charge in [0.05, 0.1) is 14.2 Å². The fourth-order valence-electron chi connectivity index (χ4n) is 4.94. The lowest BCUT2D eigenvalue weighted by Gasteiger charge is -2.31. The number of hydrogen-bond donors (Lipinski definition) is 1. The number of methoxy groups -OCH3 is 2. The van der Waals surface area contributed by atoms with Crippen molar-refractivity contribution < 1.29 is 33.7 Å². The maximum Gasteiger partial charge on any atom is 0.328 e. The molecule has 8 nitrogen and oxygen atoms in total. The number of hydrogen-bond acceptors (Lipinski definition) is 6. The highest BCUT2D eigenvalue weighted by Crippen LogP contribution is 2.45. The minimum absolute atomic E-state index is 0.214. The normalized spacial score (nSPS) is 17.1. The molecule has 0 aliphatic carbocycles. The summed E-state index contributed by atoms with van der Waals surface area (Å²) in [4.78, 5) is 40.2. The van der Waals surface area contributed by atoms with E-state index in [4.69, 9.17) is 30.9 Å². The van der Waals surface area contributed by atoms with Crippen LogP contribution in [-0.4, -0.2) is 49.6 Å². The molecule has 0 bridgehead atoms. The lowest BCUT2D eigenvalue weighted by Crippen LogP contribution is -2.44. The van der Waals surface area contributed by atoms with E-state index in [1.807, 2.05) is 32.9 Å². The van der Waals surface area contributed by atoms with Crippen molar-refractivity contribution in [3.05, 3.63) is 94.0 Å². The van der Waals surface area contributed by atoms with Gasteiger partial charge < -0.3 is 24.2 Å². The molecule has 1 aliphatic heterocycles. The number of anilines is 1. The molecule has 4 rings (SSSR count). The van der Waals surface area contributed by atoms with E-state index in [-0.39, 0.29) is 23.5 Å². The fourth-order valence-corrected chi connectivity index (χ4v) is 5.12. The van der Waals surface area contributed by atoms with Crippen LogP contribution in [0, 0.1) is 5.41 Å². The van der Waals surface area contributed by atoms with Crippen LogP contribution in [0.15, 0.2) is 66.7 Å². The Hall–Kier alpha value is -4.14. The molecule has 3 aromatic carbocycles. The van der Waals surface area contributed by atoms with Crippen LogP contribution >= 0.6 is 11.6 Å². The van der Waals surface area contributed by atoms with Gasteiger partial charge in [-0.2, -0.15) is 0 Å². The Kier molecular flexibility index (Phi) is 9.39. The summed E-state index contributed by atoms with van der Waals surface area (Å²) in [7, 11) is 3.07. The minimum Gasteiger partial charge on any atom is -0.493 e. The first-order valence-electron chi connectivity index (χ1n) is 13.4. The van der Waals surface area contributed by atoms with Crippen LogP contribution in [0.25, 0.3) is 6.08 Å². The van der Waals surface area contributed by atoms with E-state index in [0.29, 0.717) is 51.0 Å². The van der Waals surface area contributed by atoms with E-state index in [1.54, 1.807) is 60.5 Å². The molecule has 1 heterocycles. The summed E-state index contributed by atoms with van der Waals surface area (Å²) >= 11 is 6.48. The van der Waals surface area contributed by atoms with E-state index in [9.17, 15) is 14.4 Å². The van der Waals surface area contributed by atoms with E-state index in [0.717, 1.165) is 6.08 Å². The van der Waals surface area contributed by atoms with Crippen LogP contribution in [0.4, 0.5) is 5.69 Å². The topological polar surface area (TPSA) is 102 Å². The molecule has 1 N–H and O–H groups in total. The third-order valence-corrected chi connectivity index (χ3v) is 7.01. The van der Waals surface area contributed by atoms with Gasteiger partial charge in [-0.3, -0.25) is 9.59 Å². The summed E-state index contributed by atoms with van der Waals surface area (Å²) in [5.74, 6) is -0.759. The van der Waals surface area contributed by atoms with Gasteiger partial charge in [0.25, 0.3) is 5.91 Å². The largest absolute Gasteiger partial charge is 0.493 e. The van der Waals surface area contributed by atoms with Crippen molar-refractivity contribution in [2.24, 2.45) is 5.41 Å². The zero-order chi connectivity index (χ0) is 30.6. The summed E-state index contributed by atoms with van der Waals surface area (Å²) in [6.07, 6.45) is 0.314. The molecule has 0 saturated heterocycles. The molecule has 0 fully saturated rings. The molecule has 2 atom stereocenters. The minimum atomic E-state index is -1.13. The molecular weight excluding hydrogens is 558 g/mol. The number of nitrogens with zero attached hydrogens (tertiary/aromatic N) is 1. The molecule has 1 amide bonds. The van der Waals surface area contributed by atoms with Crippen molar-refractivity contribution in [1.29, 1.82) is 0 Å². The van der Waals surface area contributed by atoms with Crippen LogP contribution in [0.2, 0.25) is 5.02 Å². The van der Waals surface area contributed by atoms with Crippen LogP contribution in [-0.2, 0) is 14.3 Å². The van der Waals surface area contributed by atoms with Crippen molar-refractivity contribution in [2.75, 3.05) is 25.7 Å². The third-order valence-electron chi connectivity index (χ3n) is 6.77. The van der Waals surface area contributed by atoms with E-state index in [1.165, 1.54) is 13.2 Å². The second kappa shape index (κ2) is 12.8. The van der Waals surface area contributed by atoms with E-state index in [2.05, 4.69) is 0 Å². The van der Waals surface area contributed by atoms with Gasteiger partial charge in [-0.15, -0.1) is 0 Å². The number of fused-ring (bicyclic) bond motifs is 1. The molecule has 0 spiro atoms. The zero-order valence-corrected chi connectivity index (χ0v) is 25.0. The first-order chi connectivity index (χ1) is 19.9. The van der Waals surface area contributed by atoms with Gasteiger partial charge in [0.1, 0.15) is 12.2 Å². The molecule has 1 aliphatic rings. The number of halogens is 1. The number of Topliss-reactive ketones (excluding diaryl/α,β-unsaturated/α-hetero) is 1. The summed E-state index contributed by atoms with van der Waals surface area (Å²) in [6.45, 7) is 6.47. The Labute approximate surface area is 250 Å². The highest BCUT2D eigenvalue weighted by molar-refractivity contribution is 6.30. The molecule has 220 valence electrons. The summed E-state index contributed by atoms with van der Waals surface area (Å²) < 4.78 is 17.8. The molecule has 3 aromatic rings. The van der Waals surface area contributed by atoms with Crippen molar-refractivity contribution in [3.8, 4) is 11.5 Å². The number of carboxylic acids is 1. The molecule has 42 heavy (non-hydrogen) atoms. The summed E-state index contributed by atoms with van der Waals surface area (Å²) in [5.41, 5.74) is 2.66. The van der Waals surface area contributed by atoms with Gasteiger partial charge in [0.2, 0.25) is 0 Å². The average molecular weight is 592 g/mol. The number of ketones is 1. The number of carbonyl (C=O) groups excluding carboxylic acids is 2. The molecule has 0 aromatic heterocycles. The number of carboxylic acid groups (broad SMARTS) is 1. The second-order valence-electron chi connectivity index (χ2n) is 11.2. The third kappa shape index (κ3) is 7.01. The Morgan fingerprint density at radius 3 is 2.36 bits per heavy atom. The Morgan fingerprint density at radius 1 is 1.02 bits per heavy atom. The Morgan fingerprint density at radius 2 is 1.74 bits per heavy atom. The van der Waals surface area contributed by atoms with Crippen molar-refractivity contribution in [2.45, 2.75) is 39.4 Å².